The molecule has 21 heavy (non-hydrogen) atoms. The van der Waals surface area contributed by atoms with Gasteiger partial charge in [0.15, 0.2) is 6.10 Å². The van der Waals surface area contributed by atoms with Crippen LogP contribution < -0.4 is 4.74 Å². The summed E-state index contributed by atoms with van der Waals surface area (Å²) in [6.07, 6.45) is -2.15. The lowest BCUT2D eigenvalue weighted by Crippen LogP contribution is -2.45. The van der Waals surface area contributed by atoms with Crippen molar-refractivity contribution < 1.29 is 18.6 Å². The Bertz CT molecular complexity index is 523. The number of halogens is 2. The molecule has 2 unspecified atom stereocenters. The van der Waals surface area contributed by atoms with E-state index in [9.17, 15) is 13.9 Å². The third kappa shape index (κ3) is 2.91. The summed E-state index contributed by atoms with van der Waals surface area (Å²) in [5, 5.41) is 9.67. The molecule has 0 bridgehead atoms. The average Bonchev–Trinajstić information content (AvgIpc) is 2.43. The minimum absolute atomic E-state index is 0.0160. The molecule has 0 aromatic heterocycles. The second kappa shape index (κ2) is 5.56. The molecule has 0 spiro atoms. The lowest BCUT2D eigenvalue weighted by Gasteiger charge is -2.35. The standard InChI is InChI=1S/C17H24F2O2/c1-9-10(2)12(4)16(13(5)11(9)3)21-15-8-14(20)6-7-17(15,18)19/h14-15,20H,6-8H2,1-5H3. The fraction of sp³-hybridized carbons (Fsp3) is 0.647. The number of hydrogen-bond donors (Lipinski definition) is 1. The number of alkyl halides is 2. The molecule has 1 aliphatic carbocycles. The van der Waals surface area contributed by atoms with E-state index in [1.165, 1.54) is 5.56 Å². The number of aliphatic hydroxyl groups excluding tert-OH is 1. The van der Waals surface area contributed by atoms with Crippen LogP contribution in [0, 0.1) is 34.6 Å². The summed E-state index contributed by atoms with van der Waals surface area (Å²) in [4.78, 5) is 0. The van der Waals surface area contributed by atoms with E-state index in [0.29, 0.717) is 5.75 Å². The fourth-order valence-corrected chi connectivity index (χ4v) is 2.98. The summed E-state index contributed by atoms with van der Waals surface area (Å²) >= 11 is 0. The Kier molecular flexibility index (Phi) is 4.29. The Hall–Kier alpha value is -1.16. The van der Waals surface area contributed by atoms with Crippen molar-refractivity contribution >= 4 is 0 Å². The lowest BCUT2D eigenvalue weighted by atomic mass is 9.90. The largest absolute Gasteiger partial charge is 0.483 e. The highest BCUT2D eigenvalue weighted by atomic mass is 19.3. The Morgan fingerprint density at radius 2 is 1.43 bits per heavy atom. The van der Waals surface area contributed by atoms with E-state index < -0.39 is 18.1 Å². The molecule has 2 rings (SSSR count). The zero-order valence-corrected chi connectivity index (χ0v) is 13.4. The maximum Gasteiger partial charge on any atom is 0.284 e. The van der Waals surface area contributed by atoms with E-state index >= 15 is 0 Å². The molecule has 0 radical (unpaired) electrons. The van der Waals surface area contributed by atoms with Crippen LogP contribution in [-0.4, -0.2) is 23.2 Å². The summed E-state index contributed by atoms with van der Waals surface area (Å²) in [6.45, 7) is 9.81. The van der Waals surface area contributed by atoms with Crippen molar-refractivity contribution in [3.8, 4) is 5.75 Å². The normalized spacial score (nSPS) is 25.0. The van der Waals surface area contributed by atoms with Gasteiger partial charge in [-0.25, -0.2) is 8.78 Å². The van der Waals surface area contributed by atoms with Crippen LogP contribution in [0.1, 0.15) is 47.1 Å². The molecule has 118 valence electrons. The Morgan fingerprint density at radius 3 is 1.95 bits per heavy atom. The van der Waals surface area contributed by atoms with Crippen molar-refractivity contribution in [2.45, 2.75) is 72.0 Å². The van der Waals surface area contributed by atoms with Gasteiger partial charge >= 0.3 is 0 Å². The van der Waals surface area contributed by atoms with Gasteiger partial charge in [-0.3, -0.25) is 0 Å². The maximum absolute atomic E-state index is 14.0. The average molecular weight is 298 g/mol. The first-order chi connectivity index (χ1) is 9.65. The molecule has 0 amide bonds. The predicted octanol–water partition coefficient (Wildman–Crippen LogP) is 4.16. The highest BCUT2D eigenvalue weighted by molar-refractivity contribution is 5.53. The van der Waals surface area contributed by atoms with Crippen molar-refractivity contribution in [1.29, 1.82) is 0 Å². The second-order valence-electron chi connectivity index (χ2n) is 6.25. The Labute approximate surface area is 125 Å². The molecule has 0 heterocycles. The van der Waals surface area contributed by atoms with Crippen LogP contribution >= 0.6 is 0 Å². The van der Waals surface area contributed by atoms with Crippen LogP contribution in [0.2, 0.25) is 0 Å². The first-order valence-electron chi connectivity index (χ1n) is 7.44. The van der Waals surface area contributed by atoms with Crippen LogP contribution in [0.3, 0.4) is 0 Å². The van der Waals surface area contributed by atoms with Crippen LogP contribution in [0.15, 0.2) is 0 Å². The molecule has 0 saturated heterocycles. The zero-order chi connectivity index (χ0) is 15.9. The molecular weight excluding hydrogens is 274 g/mol. The first-order valence-corrected chi connectivity index (χ1v) is 7.44. The monoisotopic (exact) mass is 298 g/mol. The molecule has 1 aliphatic rings. The Morgan fingerprint density at radius 1 is 0.952 bits per heavy atom. The van der Waals surface area contributed by atoms with Gasteiger partial charge in [0.25, 0.3) is 5.92 Å². The van der Waals surface area contributed by atoms with E-state index in [1.807, 2.05) is 34.6 Å². The molecule has 1 aromatic carbocycles. The summed E-state index contributed by atoms with van der Waals surface area (Å²) < 4.78 is 33.8. The van der Waals surface area contributed by atoms with Gasteiger partial charge < -0.3 is 9.84 Å². The maximum atomic E-state index is 14.0. The lowest BCUT2D eigenvalue weighted by molar-refractivity contribution is -0.142. The Balaban J connectivity index is 2.39. The molecule has 1 saturated carbocycles. The highest BCUT2D eigenvalue weighted by Crippen LogP contribution is 2.39. The smallest absolute Gasteiger partial charge is 0.284 e. The van der Waals surface area contributed by atoms with Crippen molar-refractivity contribution in [2.24, 2.45) is 0 Å². The molecule has 4 heteroatoms. The molecule has 2 atom stereocenters. The van der Waals surface area contributed by atoms with E-state index in [0.717, 1.165) is 22.3 Å². The minimum atomic E-state index is -2.88. The number of benzene rings is 1. The molecule has 1 N–H and O–H groups in total. The van der Waals surface area contributed by atoms with E-state index in [2.05, 4.69) is 0 Å². The van der Waals surface area contributed by atoms with E-state index in [-0.39, 0.29) is 19.3 Å². The van der Waals surface area contributed by atoms with Crippen molar-refractivity contribution in [3.05, 3.63) is 27.8 Å². The van der Waals surface area contributed by atoms with E-state index in [1.54, 1.807) is 0 Å². The van der Waals surface area contributed by atoms with Gasteiger partial charge in [-0.1, -0.05) is 0 Å². The quantitative estimate of drug-likeness (QED) is 0.888. The van der Waals surface area contributed by atoms with Gasteiger partial charge in [0.1, 0.15) is 5.75 Å². The van der Waals surface area contributed by atoms with Gasteiger partial charge in [0.05, 0.1) is 6.10 Å². The minimum Gasteiger partial charge on any atom is -0.483 e. The zero-order valence-electron chi connectivity index (χ0n) is 13.4. The third-order valence-corrected chi connectivity index (χ3v) is 4.96. The van der Waals surface area contributed by atoms with Gasteiger partial charge in [0, 0.05) is 12.8 Å². The molecular formula is C17H24F2O2. The van der Waals surface area contributed by atoms with Gasteiger partial charge in [-0.05, 0) is 68.9 Å². The molecule has 0 aliphatic heterocycles. The first kappa shape index (κ1) is 16.2. The number of rotatable bonds is 2. The van der Waals surface area contributed by atoms with E-state index in [4.69, 9.17) is 4.74 Å². The topological polar surface area (TPSA) is 29.5 Å². The summed E-state index contributed by atoms with van der Waals surface area (Å²) in [7, 11) is 0. The molecule has 1 aromatic rings. The van der Waals surface area contributed by atoms with Crippen LogP contribution in [0.5, 0.6) is 5.75 Å². The van der Waals surface area contributed by atoms with Crippen molar-refractivity contribution in [3.63, 3.8) is 0 Å². The third-order valence-electron chi connectivity index (χ3n) is 4.96. The fourth-order valence-electron chi connectivity index (χ4n) is 2.98. The number of ether oxygens (including phenoxy) is 1. The summed E-state index contributed by atoms with van der Waals surface area (Å²) in [6, 6.07) is 0. The molecule has 2 nitrogen and oxygen atoms in total. The van der Waals surface area contributed by atoms with Gasteiger partial charge in [-0.2, -0.15) is 0 Å². The molecule has 1 fully saturated rings. The number of aliphatic hydroxyl groups is 1. The summed E-state index contributed by atoms with van der Waals surface area (Å²) in [5.41, 5.74) is 5.14. The van der Waals surface area contributed by atoms with Crippen LogP contribution in [0.25, 0.3) is 0 Å². The van der Waals surface area contributed by atoms with Gasteiger partial charge in [0.2, 0.25) is 0 Å². The summed E-state index contributed by atoms with van der Waals surface area (Å²) in [5.74, 6) is -2.33. The SMILES string of the molecule is Cc1c(C)c(C)c(OC2CC(O)CCC2(F)F)c(C)c1C. The predicted molar refractivity (Wildman–Crippen MR) is 79.3 cm³/mol. The second-order valence-corrected chi connectivity index (χ2v) is 6.25. The van der Waals surface area contributed by atoms with Crippen molar-refractivity contribution in [2.75, 3.05) is 0 Å². The highest BCUT2D eigenvalue weighted by Gasteiger charge is 2.46. The van der Waals surface area contributed by atoms with Crippen LogP contribution in [0.4, 0.5) is 8.78 Å². The van der Waals surface area contributed by atoms with Crippen molar-refractivity contribution in [1.82, 2.24) is 0 Å². The number of hydrogen-bond acceptors (Lipinski definition) is 2. The van der Waals surface area contributed by atoms with Crippen LogP contribution in [-0.2, 0) is 0 Å². The van der Waals surface area contributed by atoms with Gasteiger partial charge in [-0.15, -0.1) is 0 Å².